The molecule has 0 amide bonds. The molecular weight excluding hydrogens is 253 g/mol. The molecule has 1 atom stereocenters. The molecule has 2 aromatic rings. The highest BCUT2D eigenvalue weighted by Gasteiger charge is 2.55. The maximum atomic E-state index is 15.4. The van der Waals surface area contributed by atoms with Gasteiger partial charge in [-0.05, 0) is 26.0 Å². The van der Waals surface area contributed by atoms with Gasteiger partial charge in [-0.3, -0.25) is 0 Å². The number of halogens is 1. The predicted octanol–water partition coefficient (Wildman–Crippen LogP) is 4.06. The van der Waals surface area contributed by atoms with Gasteiger partial charge in [0.15, 0.2) is 0 Å². The van der Waals surface area contributed by atoms with E-state index in [1.165, 1.54) is 0 Å². The first-order valence-corrected chi connectivity index (χ1v) is 6.62. The number of alkyl halides is 1. The van der Waals surface area contributed by atoms with Crippen molar-refractivity contribution in [3.8, 4) is 0 Å². The summed E-state index contributed by atoms with van der Waals surface area (Å²) in [6.45, 7) is 3.49. The molecule has 0 aliphatic carbocycles. The molecule has 102 valence electrons. The third-order valence-corrected chi connectivity index (χ3v) is 3.57. The van der Waals surface area contributed by atoms with Crippen LogP contribution in [0.5, 0.6) is 0 Å². The smallest absolute Gasteiger partial charge is 0.300 e. The molecule has 0 spiro atoms. The minimum Gasteiger partial charge on any atom is -0.434 e. The van der Waals surface area contributed by atoms with Gasteiger partial charge < -0.3 is 4.74 Å². The second-order valence-corrected chi connectivity index (χ2v) is 5.41. The van der Waals surface area contributed by atoms with Gasteiger partial charge in [0.25, 0.3) is 5.85 Å². The lowest BCUT2D eigenvalue weighted by Gasteiger charge is -2.30. The van der Waals surface area contributed by atoms with Crippen LogP contribution in [-0.2, 0) is 10.6 Å². The van der Waals surface area contributed by atoms with Crippen LogP contribution in [-0.4, -0.2) is 11.4 Å². The normalized spacial score (nSPS) is 24.1. The Labute approximate surface area is 117 Å². The fraction of sp³-hybridized carbons (Fsp3) is 0.235. The summed E-state index contributed by atoms with van der Waals surface area (Å²) in [7, 11) is 0. The van der Waals surface area contributed by atoms with Crippen molar-refractivity contribution in [1.82, 2.24) is 0 Å². The van der Waals surface area contributed by atoms with E-state index in [4.69, 9.17) is 4.74 Å². The van der Waals surface area contributed by atoms with Gasteiger partial charge in [-0.25, -0.2) is 4.99 Å². The first kappa shape index (κ1) is 12.9. The maximum Gasteiger partial charge on any atom is 0.300 e. The van der Waals surface area contributed by atoms with Crippen LogP contribution < -0.4 is 0 Å². The molecule has 0 aromatic heterocycles. The fourth-order valence-corrected chi connectivity index (χ4v) is 2.38. The standard InChI is InChI=1S/C17H16FNO/c1-16(2)17(18,14-11-7-4-8-12-14)20-15(19-16)13-9-5-3-6-10-13/h3-12H,1-2H3. The van der Waals surface area contributed by atoms with Gasteiger partial charge in [-0.1, -0.05) is 48.5 Å². The van der Waals surface area contributed by atoms with E-state index >= 15 is 4.39 Å². The summed E-state index contributed by atoms with van der Waals surface area (Å²) >= 11 is 0. The minimum atomic E-state index is -1.95. The number of rotatable bonds is 2. The van der Waals surface area contributed by atoms with E-state index in [-0.39, 0.29) is 0 Å². The fourth-order valence-electron chi connectivity index (χ4n) is 2.38. The molecule has 3 rings (SSSR count). The number of hydrogen-bond donors (Lipinski definition) is 0. The van der Waals surface area contributed by atoms with Crippen molar-refractivity contribution in [3.63, 3.8) is 0 Å². The Morgan fingerprint density at radius 3 is 2.05 bits per heavy atom. The van der Waals surface area contributed by atoms with Gasteiger partial charge in [0.05, 0.1) is 0 Å². The highest BCUT2D eigenvalue weighted by atomic mass is 19.2. The Hall–Kier alpha value is -2.16. The lowest BCUT2D eigenvalue weighted by molar-refractivity contribution is -0.109. The van der Waals surface area contributed by atoms with Gasteiger partial charge in [-0.2, -0.15) is 4.39 Å². The highest BCUT2D eigenvalue weighted by molar-refractivity contribution is 5.96. The molecule has 2 aromatic carbocycles. The monoisotopic (exact) mass is 269 g/mol. The maximum absolute atomic E-state index is 15.4. The summed E-state index contributed by atoms with van der Waals surface area (Å²) in [4.78, 5) is 4.44. The van der Waals surface area contributed by atoms with E-state index in [0.717, 1.165) is 5.56 Å². The van der Waals surface area contributed by atoms with Crippen molar-refractivity contribution in [2.24, 2.45) is 4.99 Å². The Bertz CT molecular complexity index is 637. The van der Waals surface area contributed by atoms with Crippen LogP contribution in [0.1, 0.15) is 25.0 Å². The van der Waals surface area contributed by atoms with Crippen LogP contribution in [0.15, 0.2) is 65.7 Å². The molecule has 0 saturated heterocycles. The third-order valence-electron chi connectivity index (χ3n) is 3.57. The number of benzene rings is 2. The summed E-state index contributed by atoms with van der Waals surface area (Å²) in [5, 5.41) is 0. The quantitative estimate of drug-likeness (QED) is 0.805. The molecule has 0 radical (unpaired) electrons. The van der Waals surface area contributed by atoms with Crippen molar-refractivity contribution in [1.29, 1.82) is 0 Å². The van der Waals surface area contributed by atoms with E-state index < -0.39 is 11.4 Å². The zero-order valence-corrected chi connectivity index (χ0v) is 11.5. The van der Waals surface area contributed by atoms with Crippen molar-refractivity contribution in [3.05, 3.63) is 71.8 Å². The van der Waals surface area contributed by atoms with E-state index in [1.807, 2.05) is 36.4 Å². The average Bonchev–Trinajstić information content (AvgIpc) is 2.72. The van der Waals surface area contributed by atoms with Crippen LogP contribution in [0.25, 0.3) is 0 Å². The molecule has 20 heavy (non-hydrogen) atoms. The number of nitrogens with zero attached hydrogens (tertiary/aromatic N) is 1. The van der Waals surface area contributed by atoms with E-state index in [1.54, 1.807) is 38.1 Å². The largest absolute Gasteiger partial charge is 0.434 e. The molecule has 1 heterocycles. The van der Waals surface area contributed by atoms with Gasteiger partial charge in [0, 0.05) is 11.1 Å². The molecular formula is C17H16FNO. The van der Waals surface area contributed by atoms with Crippen LogP contribution in [0.3, 0.4) is 0 Å². The lowest BCUT2D eigenvalue weighted by Crippen LogP contribution is -2.40. The zero-order chi connectivity index (χ0) is 14.2. The summed E-state index contributed by atoms with van der Waals surface area (Å²) in [6, 6.07) is 18.3. The summed E-state index contributed by atoms with van der Waals surface area (Å²) in [5.74, 6) is -1.60. The molecule has 1 aliphatic rings. The second kappa shape index (κ2) is 4.44. The number of hydrogen-bond acceptors (Lipinski definition) is 2. The molecule has 2 nitrogen and oxygen atoms in total. The second-order valence-electron chi connectivity index (χ2n) is 5.41. The van der Waals surface area contributed by atoms with Crippen molar-refractivity contribution >= 4 is 5.90 Å². The zero-order valence-electron chi connectivity index (χ0n) is 11.5. The Morgan fingerprint density at radius 1 is 0.900 bits per heavy atom. The lowest BCUT2D eigenvalue weighted by atomic mass is 9.90. The van der Waals surface area contributed by atoms with E-state index in [0.29, 0.717) is 11.5 Å². The Morgan fingerprint density at radius 2 is 1.45 bits per heavy atom. The van der Waals surface area contributed by atoms with Crippen LogP contribution >= 0.6 is 0 Å². The topological polar surface area (TPSA) is 21.6 Å². The first-order chi connectivity index (χ1) is 9.53. The van der Waals surface area contributed by atoms with Crippen molar-refractivity contribution in [2.75, 3.05) is 0 Å². The van der Waals surface area contributed by atoms with Crippen molar-refractivity contribution < 1.29 is 9.13 Å². The SMILES string of the molecule is CC1(C)N=C(c2ccccc2)OC1(F)c1ccccc1. The molecule has 0 fully saturated rings. The minimum absolute atomic E-state index is 0.349. The van der Waals surface area contributed by atoms with Crippen LogP contribution in [0, 0.1) is 0 Å². The molecule has 0 N–H and O–H groups in total. The van der Waals surface area contributed by atoms with E-state index in [9.17, 15) is 0 Å². The summed E-state index contributed by atoms with van der Waals surface area (Å²) in [6.07, 6.45) is 0. The molecule has 0 bridgehead atoms. The Balaban J connectivity index is 2.02. The predicted molar refractivity (Wildman–Crippen MR) is 77.4 cm³/mol. The highest BCUT2D eigenvalue weighted by Crippen LogP contribution is 2.45. The summed E-state index contributed by atoms with van der Waals surface area (Å²) < 4.78 is 21.0. The third kappa shape index (κ3) is 1.90. The average molecular weight is 269 g/mol. The van der Waals surface area contributed by atoms with Gasteiger partial charge in [0.2, 0.25) is 5.90 Å². The summed E-state index contributed by atoms with van der Waals surface area (Å²) in [5.41, 5.74) is 0.301. The van der Waals surface area contributed by atoms with Gasteiger partial charge in [0.1, 0.15) is 5.54 Å². The molecule has 1 aliphatic heterocycles. The van der Waals surface area contributed by atoms with Gasteiger partial charge in [-0.15, -0.1) is 0 Å². The molecule has 1 unspecified atom stereocenters. The number of aliphatic imine (C=N–C) groups is 1. The first-order valence-electron chi connectivity index (χ1n) is 6.62. The Kier molecular flexibility index (Phi) is 2.85. The molecule has 0 saturated carbocycles. The van der Waals surface area contributed by atoms with Gasteiger partial charge >= 0.3 is 0 Å². The number of ether oxygens (including phenoxy) is 1. The van der Waals surface area contributed by atoms with Crippen molar-refractivity contribution in [2.45, 2.75) is 25.2 Å². The van der Waals surface area contributed by atoms with Crippen LogP contribution in [0.2, 0.25) is 0 Å². The van der Waals surface area contributed by atoms with Crippen LogP contribution in [0.4, 0.5) is 4.39 Å². The van der Waals surface area contributed by atoms with E-state index in [2.05, 4.69) is 4.99 Å². The molecule has 3 heteroatoms.